The van der Waals surface area contributed by atoms with E-state index < -0.39 is 0 Å². The van der Waals surface area contributed by atoms with Crippen LogP contribution in [0.4, 0.5) is 0 Å². The molecule has 1 aliphatic carbocycles. The summed E-state index contributed by atoms with van der Waals surface area (Å²) < 4.78 is 0. The van der Waals surface area contributed by atoms with Crippen molar-refractivity contribution in [3.05, 3.63) is 58.0 Å². The number of hydrogen-bond donors (Lipinski definition) is 0. The second-order valence-corrected chi connectivity index (χ2v) is 10.4. The van der Waals surface area contributed by atoms with Crippen LogP contribution in [0.1, 0.15) is 62.6 Å². The molecule has 1 aromatic carbocycles. The van der Waals surface area contributed by atoms with Crippen LogP contribution in [0.15, 0.2) is 56.7 Å². The molecule has 150 valence electrons. The molecule has 0 spiro atoms. The molecule has 0 amide bonds. The number of thioether (sulfide) groups is 2. The lowest BCUT2D eigenvalue weighted by atomic mass is 9.87. The molecule has 0 saturated carbocycles. The number of fused-ring (bicyclic) bond motifs is 4. The number of aromatic nitrogens is 2. The maximum atomic E-state index is 6.02. The van der Waals surface area contributed by atoms with Gasteiger partial charge in [0.1, 0.15) is 16.7 Å². The molecule has 2 atom stereocenters. The summed E-state index contributed by atoms with van der Waals surface area (Å²) >= 11 is 9.69. The van der Waals surface area contributed by atoms with Crippen LogP contribution in [0.5, 0.6) is 0 Å². The zero-order valence-corrected chi connectivity index (χ0v) is 18.9. The highest BCUT2D eigenvalue weighted by atomic mass is 35.5. The number of dihydropyridines is 1. The van der Waals surface area contributed by atoms with Gasteiger partial charge in [0.25, 0.3) is 0 Å². The first-order valence-corrected chi connectivity index (χ1v) is 12.7. The van der Waals surface area contributed by atoms with E-state index in [1.807, 2.05) is 23.9 Å². The third-order valence-corrected chi connectivity index (χ3v) is 8.64. The Morgan fingerprint density at radius 3 is 2.86 bits per heavy atom. The fourth-order valence-corrected chi connectivity index (χ4v) is 7.14. The molecule has 3 nitrogen and oxygen atoms in total. The number of benzene rings is 1. The maximum absolute atomic E-state index is 6.02. The molecule has 0 radical (unpaired) electrons. The Morgan fingerprint density at radius 1 is 1.17 bits per heavy atom. The second-order valence-electron chi connectivity index (χ2n) is 7.83. The Hall–Kier alpha value is -1.30. The summed E-state index contributed by atoms with van der Waals surface area (Å²) in [6.45, 7) is 2.26. The van der Waals surface area contributed by atoms with E-state index in [-0.39, 0.29) is 5.37 Å². The van der Waals surface area contributed by atoms with Crippen molar-refractivity contribution in [1.29, 1.82) is 0 Å². The molecule has 2 aromatic rings. The highest BCUT2D eigenvalue weighted by Crippen LogP contribution is 2.56. The van der Waals surface area contributed by atoms with E-state index >= 15 is 0 Å². The number of nitrogens with zero attached hydrogens (tertiary/aromatic N) is 3. The number of allylic oxidation sites excluding steroid dienone is 1. The summed E-state index contributed by atoms with van der Waals surface area (Å²) in [5.74, 6) is 1.24. The monoisotopic (exact) mass is 441 g/mol. The van der Waals surface area contributed by atoms with Crippen molar-refractivity contribution in [2.24, 2.45) is 4.99 Å². The molecule has 29 heavy (non-hydrogen) atoms. The van der Waals surface area contributed by atoms with E-state index in [1.54, 1.807) is 29.2 Å². The van der Waals surface area contributed by atoms with Crippen molar-refractivity contribution in [3.8, 4) is 0 Å². The topological polar surface area (TPSA) is 38.1 Å². The highest BCUT2D eigenvalue weighted by molar-refractivity contribution is 8.02. The quantitative estimate of drug-likeness (QED) is 0.355. The Labute approximate surface area is 185 Å². The van der Waals surface area contributed by atoms with E-state index in [1.165, 1.54) is 54.0 Å². The summed E-state index contributed by atoms with van der Waals surface area (Å²) in [5.41, 5.74) is 7.02. The summed E-state index contributed by atoms with van der Waals surface area (Å²) in [7, 11) is 0. The number of unbranched alkanes of at least 4 members (excludes halogenated alkanes) is 1. The molecule has 0 unspecified atom stereocenters. The normalized spacial score (nSPS) is 22.3. The Kier molecular flexibility index (Phi) is 5.72. The maximum Gasteiger partial charge on any atom is 0.117 e. The lowest BCUT2D eigenvalue weighted by molar-refractivity contribution is 0.687. The molecule has 1 aromatic heterocycles. The minimum absolute atomic E-state index is 0.250. The second kappa shape index (κ2) is 8.44. The van der Waals surface area contributed by atoms with Gasteiger partial charge in [-0.15, -0.1) is 11.8 Å². The van der Waals surface area contributed by atoms with Gasteiger partial charge in [-0.25, -0.2) is 9.97 Å². The Balaban J connectivity index is 1.42. The average molecular weight is 442 g/mol. The average Bonchev–Trinajstić information content (AvgIpc) is 3.36. The smallest absolute Gasteiger partial charge is 0.117 e. The first-order valence-electron chi connectivity index (χ1n) is 10.4. The SMILES string of the molecule is CCCCC1=N[C@@H]2Sc3c(SCc4ccc(Cl)cc4)ncnc3[C@@H]2C2=C1CCC2. The molecule has 5 rings (SSSR count). The van der Waals surface area contributed by atoms with Gasteiger partial charge in [-0.3, -0.25) is 4.99 Å². The Morgan fingerprint density at radius 2 is 2.03 bits per heavy atom. The lowest BCUT2D eigenvalue weighted by Gasteiger charge is -2.26. The third-order valence-electron chi connectivity index (χ3n) is 5.94. The number of halogens is 1. The predicted molar refractivity (Wildman–Crippen MR) is 123 cm³/mol. The fraction of sp³-hybridized carbons (Fsp3) is 0.435. The number of hydrogen-bond acceptors (Lipinski definition) is 5. The largest absolute Gasteiger partial charge is 0.274 e. The van der Waals surface area contributed by atoms with Crippen LogP contribution in [-0.2, 0) is 5.75 Å². The molecular formula is C23H24ClN3S2. The summed E-state index contributed by atoms with van der Waals surface area (Å²) in [5, 5.41) is 2.12. The van der Waals surface area contributed by atoms with E-state index in [4.69, 9.17) is 21.6 Å². The van der Waals surface area contributed by atoms with Crippen LogP contribution in [0.25, 0.3) is 0 Å². The van der Waals surface area contributed by atoms with Gasteiger partial charge in [0.05, 0.1) is 16.5 Å². The zero-order chi connectivity index (χ0) is 19.8. The van der Waals surface area contributed by atoms with Gasteiger partial charge in [-0.05, 0) is 55.4 Å². The summed E-state index contributed by atoms with van der Waals surface area (Å²) in [6, 6.07) is 8.07. The summed E-state index contributed by atoms with van der Waals surface area (Å²) in [4.78, 5) is 15.9. The van der Waals surface area contributed by atoms with Crippen LogP contribution in [0.3, 0.4) is 0 Å². The molecule has 0 bridgehead atoms. The number of aliphatic imine (C=N–C) groups is 1. The first kappa shape index (κ1) is 19.7. The predicted octanol–water partition coefficient (Wildman–Crippen LogP) is 7.06. The molecule has 2 aliphatic heterocycles. The van der Waals surface area contributed by atoms with Crippen molar-refractivity contribution in [2.75, 3.05) is 0 Å². The fourth-order valence-electron chi connectivity index (χ4n) is 4.53. The van der Waals surface area contributed by atoms with E-state index in [0.29, 0.717) is 5.92 Å². The van der Waals surface area contributed by atoms with Crippen LogP contribution < -0.4 is 0 Å². The van der Waals surface area contributed by atoms with Gasteiger partial charge in [0.15, 0.2) is 0 Å². The van der Waals surface area contributed by atoms with Crippen molar-refractivity contribution in [1.82, 2.24) is 9.97 Å². The molecule has 3 aliphatic rings. The molecule has 0 saturated heterocycles. The van der Waals surface area contributed by atoms with Gasteiger partial charge in [0, 0.05) is 16.5 Å². The molecule has 0 N–H and O–H groups in total. The lowest BCUT2D eigenvalue weighted by Crippen LogP contribution is -2.21. The van der Waals surface area contributed by atoms with E-state index in [9.17, 15) is 0 Å². The van der Waals surface area contributed by atoms with Crippen LogP contribution >= 0.6 is 35.1 Å². The molecule has 6 heteroatoms. The van der Waals surface area contributed by atoms with Gasteiger partial charge in [-0.1, -0.05) is 54.4 Å². The van der Waals surface area contributed by atoms with E-state index in [0.717, 1.165) is 22.2 Å². The molecular weight excluding hydrogens is 418 g/mol. The van der Waals surface area contributed by atoms with Gasteiger partial charge in [0.2, 0.25) is 0 Å². The zero-order valence-electron chi connectivity index (χ0n) is 16.5. The molecule has 0 fully saturated rings. The van der Waals surface area contributed by atoms with Crippen molar-refractivity contribution < 1.29 is 0 Å². The van der Waals surface area contributed by atoms with Crippen LogP contribution in [0, 0.1) is 0 Å². The van der Waals surface area contributed by atoms with Crippen molar-refractivity contribution >= 4 is 40.8 Å². The first-order chi connectivity index (χ1) is 14.2. The van der Waals surface area contributed by atoms with Gasteiger partial charge >= 0.3 is 0 Å². The minimum atomic E-state index is 0.250. The van der Waals surface area contributed by atoms with Crippen molar-refractivity contribution in [3.63, 3.8) is 0 Å². The standard InChI is InChI=1S/C23H24ClN3S2/c1-2-3-7-18-16-5-4-6-17(16)19-20-21(29-22(19)27-18)23(26-13-25-20)28-12-14-8-10-15(24)11-9-14/h8-11,13,19,22H,2-7,12H2,1H3/t19-,22+/m0/s1. The Bertz CT molecular complexity index is 984. The molecule has 3 heterocycles. The number of rotatable bonds is 6. The van der Waals surface area contributed by atoms with Crippen molar-refractivity contribution in [2.45, 2.75) is 72.4 Å². The van der Waals surface area contributed by atoms with Gasteiger partial charge in [-0.2, -0.15) is 0 Å². The highest BCUT2D eigenvalue weighted by Gasteiger charge is 2.43. The van der Waals surface area contributed by atoms with E-state index in [2.05, 4.69) is 24.0 Å². The third kappa shape index (κ3) is 3.77. The summed E-state index contributed by atoms with van der Waals surface area (Å²) in [6.07, 6.45) is 9.00. The minimum Gasteiger partial charge on any atom is -0.274 e. The van der Waals surface area contributed by atoms with Crippen LogP contribution in [0.2, 0.25) is 5.02 Å². The van der Waals surface area contributed by atoms with Crippen LogP contribution in [-0.4, -0.2) is 21.1 Å². The van der Waals surface area contributed by atoms with Gasteiger partial charge < -0.3 is 0 Å².